The number of amides is 2. The van der Waals surface area contributed by atoms with Gasteiger partial charge in [0, 0.05) is 41.2 Å². The van der Waals surface area contributed by atoms with Crippen LogP contribution in [-0.4, -0.2) is 82.3 Å². The van der Waals surface area contributed by atoms with E-state index in [1.54, 1.807) is 12.3 Å². The third-order valence-corrected chi connectivity index (χ3v) is 11.6. The largest absolute Gasteiger partial charge is 0.504 e. The highest BCUT2D eigenvalue weighted by atomic mass is 35.5. The summed E-state index contributed by atoms with van der Waals surface area (Å²) >= 11 is 8.47. The van der Waals surface area contributed by atoms with Crippen LogP contribution in [-0.2, 0) is 43.4 Å². The lowest BCUT2D eigenvalue weighted by Gasteiger charge is -2.49. The van der Waals surface area contributed by atoms with Gasteiger partial charge in [-0.25, -0.2) is 14.6 Å². The van der Waals surface area contributed by atoms with Crippen molar-refractivity contribution >= 4 is 80.8 Å². The van der Waals surface area contributed by atoms with E-state index in [2.05, 4.69) is 15.5 Å². The van der Waals surface area contributed by atoms with Gasteiger partial charge in [-0.15, -0.1) is 23.1 Å². The number of oxime groups is 1. The quantitative estimate of drug-likeness (QED) is 0.0508. The number of nitrogens with zero attached hydrogens (tertiary/aromatic N) is 4. The molecule has 19 heteroatoms. The number of thiazole rings is 1. The number of aliphatic carboxylic acids is 2. The maximum absolute atomic E-state index is 13.6. The molecule has 1 fully saturated rings. The summed E-state index contributed by atoms with van der Waals surface area (Å²) in [4.78, 5) is 74.9. The number of carbonyl (C=O) groups is 5. The van der Waals surface area contributed by atoms with E-state index in [1.165, 1.54) is 48.0 Å². The number of nitrogens with one attached hydrogen (secondary N) is 1. The molecular formula is C34H34ClN6O10S2+. The Balaban J connectivity index is 1.22. The highest BCUT2D eigenvalue weighted by Crippen LogP contribution is 2.45. The van der Waals surface area contributed by atoms with Crippen LogP contribution in [0.1, 0.15) is 60.4 Å². The topological polar surface area (TPSA) is 246 Å². The van der Waals surface area contributed by atoms with Gasteiger partial charge in [0.1, 0.15) is 11.4 Å². The fourth-order valence-electron chi connectivity index (χ4n) is 6.31. The van der Waals surface area contributed by atoms with Crippen LogP contribution in [0, 0.1) is 5.92 Å². The minimum atomic E-state index is -1.77. The first-order chi connectivity index (χ1) is 25.1. The molecular weight excluding hydrogens is 752 g/mol. The second-order valence-corrected chi connectivity index (χ2v) is 15.4. The molecule has 0 saturated carbocycles. The SMILES string of the molecule is CC(C)(O/N=C(/C(=O)C[C@@H]1C(=O)N2C(C(=O)O)=C(C[n+]3ccc(NC(=O)c4ccc(O)c(O)c4Cl)c4c3CCCC4)CS[C@H]12)c1csc(N)n1)C(=O)O. The third-order valence-electron chi connectivity index (χ3n) is 9.15. The van der Waals surface area contributed by atoms with Crippen molar-refractivity contribution in [1.82, 2.24) is 9.88 Å². The lowest BCUT2D eigenvalue weighted by Crippen LogP contribution is -2.62. The van der Waals surface area contributed by atoms with Gasteiger partial charge in [-0.1, -0.05) is 16.8 Å². The molecule has 278 valence electrons. The standard InChI is InChI=1S/C34H33ClN6O10S2/c1-34(2,32(49)50)51-39-25(20-14-53-33(36)38-20)23(43)11-18-29(46)41-26(31(47)48)15(13-52-30(18)41)12-40-10-9-19(16-5-3-4-6-21(16)40)37-28(45)17-7-8-22(42)27(44)24(17)35/h7-10,14,18,30H,3-6,11-13H2,1-2H3,(H6,36,38,39,42,43,44,45,47,48,49,50)/p+1/t18-,30-/m1/s1. The second kappa shape index (κ2) is 14.7. The highest BCUT2D eigenvalue weighted by Gasteiger charge is 2.54. The fraction of sp³-hybridized carbons (Fsp3) is 0.353. The smallest absolute Gasteiger partial charge is 0.352 e. The van der Waals surface area contributed by atoms with Crippen LogP contribution in [0.25, 0.3) is 0 Å². The Morgan fingerprint density at radius 1 is 1.17 bits per heavy atom. The van der Waals surface area contributed by atoms with Crippen molar-refractivity contribution in [2.75, 3.05) is 16.8 Å². The lowest BCUT2D eigenvalue weighted by atomic mass is 9.89. The number of aromatic hydroxyl groups is 2. The van der Waals surface area contributed by atoms with Gasteiger partial charge in [0.15, 0.2) is 46.6 Å². The fourth-order valence-corrected chi connectivity index (χ4v) is 8.51. The van der Waals surface area contributed by atoms with E-state index >= 15 is 0 Å². The van der Waals surface area contributed by atoms with Crippen molar-refractivity contribution < 1.29 is 53.8 Å². The van der Waals surface area contributed by atoms with Crippen molar-refractivity contribution in [3.63, 3.8) is 0 Å². The molecule has 53 heavy (non-hydrogen) atoms. The number of benzene rings is 1. The van der Waals surface area contributed by atoms with E-state index < -0.39 is 57.9 Å². The van der Waals surface area contributed by atoms with Crippen LogP contribution in [0.4, 0.5) is 10.8 Å². The number of ketones is 1. The summed E-state index contributed by atoms with van der Waals surface area (Å²) < 4.78 is 1.91. The average Bonchev–Trinajstić information content (AvgIpc) is 3.55. The molecule has 6 rings (SSSR count). The Hall–Kier alpha value is -5.20. The van der Waals surface area contributed by atoms with Crippen LogP contribution < -0.4 is 15.6 Å². The van der Waals surface area contributed by atoms with Gasteiger partial charge in [-0.05, 0) is 45.2 Å². The van der Waals surface area contributed by atoms with Gasteiger partial charge in [-0.3, -0.25) is 19.3 Å². The number of hydrogen-bond donors (Lipinski definition) is 6. The molecule has 4 heterocycles. The normalized spacial score (nSPS) is 18.5. The zero-order valence-electron chi connectivity index (χ0n) is 28.3. The molecule has 7 N–H and O–H groups in total. The number of anilines is 2. The molecule has 16 nitrogen and oxygen atoms in total. The molecule has 1 aliphatic carbocycles. The van der Waals surface area contributed by atoms with Gasteiger partial charge >= 0.3 is 11.9 Å². The number of fused-ring (bicyclic) bond motifs is 2. The Labute approximate surface area is 314 Å². The van der Waals surface area contributed by atoms with E-state index in [9.17, 15) is 44.4 Å². The minimum Gasteiger partial charge on any atom is -0.504 e. The number of carboxylic acid groups (broad SMARTS) is 2. The predicted molar refractivity (Wildman–Crippen MR) is 193 cm³/mol. The van der Waals surface area contributed by atoms with Gasteiger partial charge < -0.3 is 36.3 Å². The number of β-lactam (4-membered cyclic amide) rings is 1. The van der Waals surface area contributed by atoms with E-state index in [0.29, 0.717) is 24.1 Å². The third kappa shape index (κ3) is 7.25. The minimum absolute atomic E-state index is 0.0284. The highest BCUT2D eigenvalue weighted by molar-refractivity contribution is 8.00. The summed E-state index contributed by atoms with van der Waals surface area (Å²) in [6.07, 6.45) is 4.39. The van der Waals surface area contributed by atoms with Crippen LogP contribution in [0.2, 0.25) is 5.02 Å². The van der Waals surface area contributed by atoms with Gasteiger partial charge in [0.2, 0.25) is 11.5 Å². The number of halogens is 1. The Morgan fingerprint density at radius 3 is 2.58 bits per heavy atom. The van der Waals surface area contributed by atoms with Gasteiger partial charge in [-0.2, -0.15) is 4.57 Å². The number of carboxylic acids is 2. The van der Waals surface area contributed by atoms with Crippen LogP contribution in [0.3, 0.4) is 0 Å². The molecule has 2 atom stereocenters. The summed E-state index contributed by atoms with van der Waals surface area (Å²) in [5, 5.41) is 46.8. The number of phenols is 2. The molecule has 2 amide bonds. The van der Waals surface area contributed by atoms with Crippen molar-refractivity contribution in [3.8, 4) is 11.5 Å². The molecule has 3 aromatic rings. The summed E-state index contributed by atoms with van der Waals surface area (Å²) in [6, 6.07) is 4.16. The molecule has 1 saturated heterocycles. The molecule has 3 aliphatic rings. The number of pyridine rings is 1. The van der Waals surface area contributed by atoms with Crippen LogP contribution in [0.15, 0.2) is 46.2 Å². The van der Waals surface area contributed by atoms with Crippen LogP contribution in [0.5, 0.6) is 11.5 Å². The van der Waals surface area contributed by atoms with E-state index in [-0.39, 0.29) is 51.5 Å². The molecule has 2 aromatic heterocycles. The maximum atomic E-state index is 13.6. The summed E-state index contributed by atoms with van der Waals surface area (Å²) in [5.41, 5.74) is 6.30. The lowest BCUT2D eigenvalue weighted by molar-refractivity contribution is -0.697. The summed E-state index contributed by atoms with van der Waals surface area (Å²) in [5.74, 6) is -6.10. The number of thioether (sulfide) groups is 1. The van der Waals surface area contributed by atoms with E-state index in [4.69, 9.17) is 22.2 Å². The number of carbonyl (C=O) groups excluding carboxylic acids is 3. The first-order valence-electron chi connectivity index (χ1n) is 16.3. The number of nitrogen functional groups attached to an aromatic ring is 1. The molecule has 0 radical (unpaired) electrons. The zero-order valence-corrected chi connectivity index (χ0v) is 30.7. The summed E-state index contributed by atoms with van der Waals surface area (Å²) in [7, 11) is 0. The second-order valence-electron chi connectivity index (χ2n) is 13.1. The maximum Gasteiger partial charge on any atom is 0.352 e. The molecule has 0 unspecified atom stereocenters. The van der Waals surface area contributed by atoms with Gasteiger partial charge in [0.05, 0.1) is 27.6 Å². The zero-order chi connectivity index (χ0) is 38.4. The van der Waals surface area contributed by atoms with Crippen molar-refractivity contribution in [3.05, 3.63) is 68.6 Å². The summed E-state index contributed by atoms with van der Waals surface area (Å²) in [6.45, 7) is 2.66. The number of Topliss-reactive ketones (excluding diaryl/α,β-unsaturated/α-hetero) is 1. The monoisotopic (exact) mass is 785 g/mol. The van der Waals surface area contributed by atoms with Crippen molar-refractivity contribution in [2.24, 2.45) is 11.1 Å². The first kappa shape index (κ1) is 37.6. The number of rotatable bonds is 12. The Kier molecular flexibility index (Phi) is 10.4. The van der Waals surface area contributed by atoms with E-state index in [0.717, 1.165) is 35.4 Å². The van der Waals surface area contributed by atoms with Crippen LogP contribution >= 0.6 is 34.7 Å². The van der Waals surface area contributed by atoms with Gasteiger partial charge in [0.25, 0.3) is 5.91 Å². The predicted octanol–water partition coefficient (Wildman–Crippen LogP) is 3.32. The van der Waals surface area contributed by atoms with Crippen molar-refractivity contribution in [1.29, 1.82) is 0 Å². The Morgan fingerprint density at radius 2 is 1.91 bits per heavy atom. The number of phenolic OH excluding ortho intramolecular Hbond substituents is 2. The Bertz CT molecular complexity index is 2130. The molecule has 0 spiro atoms. The molecule has 2 aliphatic heterocycles. The number of nitrogens with two attached hydrogens (primary N) is 1. The molecule has 1 aromatic carbocycles. The number of aromatic nitrogens is 2. The van der Waals surface area contributed by atoms with E-state index in [1.807, 2.05) is 4.57 Å². The average molecular weight is 786 g/mol. The van der Waals surface area contributed by atoms with Crippen molar-refractivity contribution in [2.45, 2.75) is 63.5 Å². The molecule has 0 bridgehead atoms. The first-order valence-corrected chi connectivity index (χ1v) is 18.6. The number of hydrogen-bond acceptors (Lipinski definition) is 13.